The maximum absolute atomic E-state index is 13.4. The fraction of sp³-hybridized carbons (Fsp3) is 0.353. The third-order valence-corrected chi connectivity index (χ3v) is 4.80. The quantitative estimate of drug-likeness (QED) is 0.518. The Labute approximate surface area is 178 Å². The zero-order valence-electron chi connectivity index (χ0n) is 16.1. The molecule has 1 amide bonds. The van der Waals surface area contributed by atoms with Gasteiger partial charge in [-0.05, 0) is 18.2 Å². The van der Waals surface area contributed by atoms with Crippen LogP contribution in [0.4, 0.5) is 36.4 Å². The molecule has 2 rings (SSSR count). The number of hydrogen-bond donors (Lipinski definition) is 3. The number of benzene rings is 1. The molecule has 2 aromatic rings. The molecule has 0 aliphatic rings. The molecule has 2 atom stereocenters. The number of alkyl halides is 6. The first-order valence-electron chi connectivity index (χ1n) is 8.54. The number of aliphatic hydroxyl groups is 1. The average Bonchev–Trinajstić information content (AvgIpc) is 2.98. The van der Waals surface area contributed by atoms with E-state index in [2.05, 4.69) is 5.32 Å². The second-order valence-corrected chi connectivity index (χ2v) is 7.46. The third-order valence-electron chi connectivity index (χ3n) is 4.08. The number of aryl methyl sites for hydroxylation is 1. The summed E-state index contributed by atoms with van der Waals surface area (Å²) in [5.41, 5.74) is -2.51. The molecule has 1 aromatic carbocycles. The second kappa shape index (κ2) is 9.46. The number of nitrogens with one attached hydrogen (secondary N) is 1. The number of ether oxygens (including phenoxy) is 1. The van der Waals surface area contributed by atoms with Crippen LogP contribution in [0.3, 0.4) is 0 Å². The molecule has 15 heteroatoms. The van der Waals surface area contributed by atoms with Gasteiger partial charge in [0.2, 0.25) is 0 Å². The summed E-state index contributed by atoms with van der Waals surface area (Å²) in [6.45, 7) is -0.760. The summed E-state index contributed by atoms with van der Waals surface area (Å²) in [4.78, 5) is 12.4. The minimum absolute atomic E-state index is 0.283. The molecule has 0 radical (unpaired) electrons. The van der Waals surface area contributed by atoms with Crippen molar-refractivity contribution < 1.29 is 49.6 Å². The van der Waals surface area contributed by atoms with Crippen LogP contribution in [-0.4, -0.2) is 38.7 Å². The van der Waals surface area contributed by atoms with Gasteiger partial charge in [0.1, 0.15) is 21.7 Å². The molecule has 0 aliphatic carbocycles. The number of aromatic nitrogens is 1. The van der Waals surface area contributed by atoms with Crippen LogP contribution in [0.1, 0.15) is 22.5 Å². The first-order valence-corrected chi connectivity index (χ1v) is 9.75. The molecular formula is C17H16F7N3O4S. The lowest BCUT2D eigenvalue weighted by molar-refractivity contribution is -0.206. The molecule has 4 N–H and O–H groups in total. The van der Waals surface area contributed by atoms with Crippen molar-refractivity contribution in [3.63, 3.8) is 0 Å². The SMILES string of the molecule is Cn1cc(S(N)=O)c(OCCC(O)C(F)(F)F)c1C(=O)Nc1ccc(F)c(C(F)(F)F)c1. The van der Waals surface area contributed by atoms with Gasteiger partial charge >= 0.3 is 12.4 Å². The van der Waals surface area contributed by atoms with Crippen LogP contribution < -0.4 is 15.2 Å². The highest BCUT2D eigenvalue weighted by molar-refractivity contribution is 7.82. The van der Waals surface area contributed by atoms with E-state index in [9.17, 15) is 39.7 Å². The molecule has 2 unspecified atom stereocenters. The maximum Gasteiger partial charge on any atom is 0.419 e. The van der Waals surface area contributed by atoms with E-state index in [1.54, 1.807) is 0 Å². The van der Waals surface area contributed by atoms with Crippen molar-refractivity contribution in [1.29, 1.82) is 0 Å². The van der Waals surface area contributed by atoms with E-state index in [-0.39, 0.29) is 4.90 Å². The van der Waals surface area contributed by atoms with Gasteiger partial charge in [0.25, 0.3) is 5.91 Å². The van der Waals surface area contributed by atoms with Crippen LogP contribution in [0.5, 0.6) is 5.75 Å². The Morgan fingerprint density at radius 1 is 1.28 bits per heavy atom. The van der Waals surface area contributed by atoms with Crippen molar-refractivity contribution in [3.8, 4) is 5.75 Å². The van der Waals surface area contributed by atoms with Gasteiger partial charge in [-0.3, -0.25) is 4.79 Å². The Bertz CT molecular complexity index is 1020. The van der Waals surface area contributed by atoms with Crippen LogP contribution in [0.2, 0.25) is 0 Å². The number of rotatable bonds is 7. The van der Waals surface area contributed by atoms with Gasteiger partial charge in [-0.15, -0.1) is 0 Å². The van der Waals surface area contributed by atoms with Crippen LogP contribution >= 0.6 is 0 Å². The molecule has 0 spiro atoms. The molecule has 0 bridgehead atoms. The average molecular weight is 491 g/mol. The minimum Gasteiger partial charge on any atom is -0.490 e. The van der Waals surface area contributed by atoms with E-state index in [0.717, 1.165) is 16.8 Å². The first-order chi connectivity index (χ1) is 14.6. The summed E-state index contributed by atoms with van der Waals surface area (Å²) in [5.74, 6) is -3.16. The summed E-state index contributed by atoms with van der Waals surface area (Å²) in [7, 11) is -0.993. The predicted octanol–water partition coefficient (Wildman–Crippen LogP) is 3.11. The number of nitrogens with two attached hydrogens (primary N) is 1. The number of anilines is 1. The van der Waals surface area contributed by atoms with Crippen molar-refractivity contribution >= 4 is 22.6 Å². The number of carbonyl (C=O) groups is 1. The highest BCUT2D eigenvalue weighted by Crippen LogP contribution is 2.34. The number of halogens is 7. The summed E-state index contributed by atoms with van der Waals surface area (Å²) in [6, 6.07) is 1.69. The molecule has 1 aromatic heterocycles. The number of aliphatic hydroxyl groups excluding tert-OH is 1. The van der Waals surface area contributed by atoms with Gasteiger partial charge < -0.3 is 19.7 Å². The molecule has 0 aliphatic heterocycles. The van der Waals surface area contributed by atoms with Gasteiger partial charge in [-0.25, -0.2) is 13.7 Å². The molecule has 0 saturated carbocycles. The van der Waals surface area contributed by atoms with Crippen molar-refractivity contribution in [3.05, 3.63) is 41.5 Å². The summed E-state index contributed by atoms with van der Waals surface area (Å²) < 4.78 is 107. The number of hydrogen-bond acceptors (Lipinski definition) is 4. The summed E-state index contributed by atoms with van der Waals surface area (Å²) in [5, 5.41) is 16.4. The Hall–Kier alpha value is -2.65. The monoisotopic (exact) mass is 491 g/mol. The number of carbonyl (C=O) groups excluding carboxylic acids is 1. The van der Waals surface area contributed by atoms with Crippen LogP contribution in [-0.2, 0) is 24.2 Å². The van der Waals surface area contributed by atoms with Crippen LogP contribution in [0.15, 0.2) is 29.3 Å². The van der Waals surface area contributed by atoms with Gasteiger partial charge in [-0.2, -0.15) is 26.3 Å². The zero-order chi connectivity index (χ0) is 24.4. The number of amides is 1. The largest absolute Gasteiger partial charge is 0.490 e. The van der Waals surface area contributed by atoms with E-state index in [1.807, 2.05) is 0 Å². The fourth-order valence-electron chi connectivity index (χ4n) is 2.57. The van der Waals surface area contributed by atoms with Crippen molar-refractivity contribution in [2.45, 2.75) is 29.8 Å². The molecule has 0 fully saturated rings. The van der Waals surface area contributed by atoms with Gasteiger partial charge in [0.15, 0.2) is 17.5 Å². The smallest absolute Gasteiger partial charge is 0.419 e. The van der Waals surface area contributed by atoms with Gasteiger partial charge in [0.05, 0.1) is 12.2 Å². The lowest BCUT2D eigenvalue weighted by atomic mass is 10.1. The van der Waals surface area contributed by atoms with E-state index in [4.69, 9.17) is 15.0 Å². The van der Waals surface area contributed by atoms with E-state index < -0.39 is 76.9 Å². The topological polar surface area (TPSA) is 107 Å². The standard InChI is InChI=1S/C17H16F7N3O4S/c1-27-7-11(32(25)30)14(31-5-4-12(28)17(22,23)24)13(27)15(29)26-8-2-3-10(18)9(6-8)16(19,20)21/h2-3,6-7,12,28H,4-5,25H2,1H3,(H,26,29). The van der Waals surface area contributed by atoms with Crippen LogP contribution in [0, 0.1) is 5.82 Å². The maximum atomic E-state index is 13.4. The molecule has 32 heavy (non-hydrogen) atoms. The molecule has 7 nitrogen and oxygen atoms in total. The highest BCUT2D eigenvalue weighted by atomic mass is 32.2. The molecular weight excluding hydrogens is 475 g/mol. The van der Waals surface area contributed by atoms with Gasteiger partial charge in [-0.1, -0.05) is 0 Å². The zero-order valence-corrected chi connectivity index (χ0v) is 16.9. The van der Waals surface area contributed by atoms with E-state index in [1.165, 1.54) is 7.05 Å². The fourth-order valence-corrected chi connectivity index (χ4v) is 3.17. The lowest BCUT2D eigenvalue weighted by Crippen LogP contribution is -2.30. The molecule has 1 heterocycles. The highest BCUT2D eigenvalue weighted by Gasteiger charge is 2.38. The Kier molecular flexibility index (Phi) is 7.57. The predicted molar refractivity (Wildman–Crippen MR) is 97.5 cm³/mol. The second-order valence-electron chi connectivity index (χ2n) is 6.42. The molecule has 0 saturated heterocycles. The normalized spacial score (nSPS) is 14.2. The first kappa shape index (κ1) is 25.6. The third kappa shape index (κ3) is 5.98. The van der Waals surface area contributed by atoms with E-state index in [0.29, 0.717) is 12.1 Å². The Balaban J connectivity index is 2.32. The van der Waals surface area contributed by atoms with Crippen molar-refractivity contribution in [2.75, 3.05) is 11.9 Å². The van der Waals surface area contributed by atoms with Crippen molar-refractivity contribution in [2.24, 2.45) is 12.2 Å². The van der Waals surface area contributed by atoms with Crippen molar-refractivity contribution in [1.82, 2.24) is 4.57 Å². The minimum atomic E-state index is -5.03. The van der Waals surface area contributed by atoms with Gasteiger partial charge in [0, 0.05) is 25.4 Å². The summed E-state index contributed by atoms with van der Waals surface area (Å²) >= 11 is 0. The van der Waals surface area contributed by atoms with Crippen LogP contribution in [0.25, 0.3) is 0 Å². The summed E-state index contributed by atoms with van der Waals surface area (Å²) in [6.07, 6.45) is -12.5. The molecule has 178 valence electrons. The Morgan fingerprint density at radius 3 is 2.44 bits per heavy atom. The Morgan fingerprint density at radius 2 is 1.91 bits per heavy atom. The van der Waals surface area contributed by atoms with E-state index >= 15 is 0 Å². The number of nitrogens with zero attached hydrogens (tertiary/aromatic N) is 1. The lowest BCUT2D eigenvalue weighted by Gasteiger charge is -2.16.